The lowest BCUT2D eigenvalue weighted by atomic mass is 10.0. The Morgan fingerprint density at radius 2 is 1.89 bits per heavy atom. The molecule has 1 aromatic heterocycles. The molecule has 0 fully saturated rings. The summed E-state index contributed by atoms with van der Waals surface area (Å²) < 4.78 is 0. The summed E-state index contributed by atoms with van der Waals surface area (Å²) in [7, 11) is 0. The molecule has 1 heterocycles. The molecule has 0 saturated heterocycles. The Morgan fingerprint density at radius 1 is 1.21 bits per heavy atom. The standard InChI is InChI=1S/C16H21NOS/c1-4-8-13-15(16(2,3)18)19-14(17-13)11-12-9-6-5-7-10-12/h5-7,9-10,18H,4,8,11H2,1-3H3. The van der Waals surface area contributed by atoms with Crippen molar-refractivity contribution >= 4 is 11.3 Å². The van der Waals surface area contributed by atoms with E-state index < -0.39 is 5.60 Å². The van der Waals surface area contributed by atoms with E-state index in [0.29, 0.717) is 0 Å². The van der Waals surface area contributed by atoms with Crippen molar-refractivity contribution in [2.75, 3.05) is 0 Å². The Balaban J connectivity index is 2.27. The molecule has 102 valence electrons. The Kier molecular flexibility index (Phi) is 4.38. The lowest BCUT2D eigenvalue weighted by Crippen LogP contribution is -2.15. The van der Waals surface area contributed by atoms with Crippen LogP contribution in [0.1, 0.15) is 48.3 Å². The van der Waals surface area contributed by atoms with Crippen LogP contribution in [-0.4, -0.2) is 10.1 Å². The molecule has 0 saturated carbocycles. The number of thiazole rings is 1. The SMILES string of the molecule is CCCc1nc(Cc2ccccc2)sc1C(C)(C)O. The Labute approximate surface area is 119 Å². The summed E-state index contributed by atoms with van der Waals surface area (Å²) in [5, 5.41) is 11.3. The van der Waals surface area contributed by atoms with Crippen LogP contribution >= 0.6 is 11.3 Å². The van der Waals surface area contributed by atoms with Crippen molar-refractivity contribution in [2.24, 2.45) is 0 Å². The third-order valence-electron chi connectivity index (χ3n) is 2.98. The van der Waals surface area contributed by atoms with Gasteiger partial charge in [-0.05, 0) is 25.8 Å². The summed E-state index contributed by atoms with van der Waals surface area (Å²) in [5.41, 5.74) is 1.53. The third kappa shape index (κ3) is 3.64. The molecule has 0 amide bonds. The van der Waals surface area contributed by atoms with Gasteiger partial charge in [-0.15, -0.1) is 11.3 Å². The van der Waals surface area contributed by atoms with E-state index in [-0.39, 0.29) is 0 Å². The first-order chi connectivity index (χ1) is 9.00. The first-order valence-electron chi connectivity index (χ1n) is 6.76. The first kappa shape index (κ1) is 14.2. The second-order valence-corrected chi connectivity index (χ2v) is 6.44. The number of benzene rings is 1. The van der Waals surface area contributed by atoms with Gasteiger partial charge >= 0.3 is 0 Å². The van der Waals surface area contributed by atoms with Crippen LogP contribution in [0.5, 0.6) is 0 Å². The highest BCUT2D eigenvalue weighted by Crippen LogP contribution is 2.31. The van der Waals surface area contributed by atoms with Crippen molar-refractivity contribution in [3.8, 4) is 0 Å². The monoisotopic (exact) mass is 275 g/mol. The topological polar surface area (TPSA) is 33.1 Å². The van der Waals surface area contributed by atoms with Crippen molar-refractivity contribution in [1.82, 2.24) is 4.98 Å². The van der Waals surface area contributed by atoms with Gasteiger partial charge in [0.1, 0.15) is 0 Å². The van der Waals surface area contributed by atoms with Crippen LogP contribution in [0.2, 0.25) is 0 Å². The molecule has 1 aromatic carbocycles. The molecule has 1 N–H and O–H groups in total. The molecule has 0 unspecified atom stereocenters. The molecule has 2 aromatic rings. The average molecular weight is 275 g/mol. The van der Waals surface area contributed by atoms with E-state index >= 15 is 0 Å². The molecule has 0 spiro atoms. The minimum atomic E-state index is -0.795. The second kappa shape index (κ2) is 5.85. The summed E-state index contributed by atoms with van der Waals surface area (Å²) in [6, 6.07) is 10.4. The predicted octanol–water partition coefficient (Wildman–Crippen LogP) is 3.91. The maximum atomic E-state index is 10.2. The molecule has 0 radical (unpaired) electrons. The summed E-state index contributed by atoms with van der Waals surface area (Å²) in [6.45, 7) is 5.82. The van der Waals surface area contributed by atoms with Crippen molar-refractivity contribution < 1.29 is 5.11 Å². The van der Waals surface area contributed by atoms with Gasteiger partial charge in [0.05, 0.1) is 21.2 Å². The molecule has 0 aliphatic carbocycles. The number of hydrogen-bond acceptors (Lipinski definition) is 3. The minimum absolute atomic E-state index is 0.795. The smallest absolute Gasteiger partial charge is 0.0976 e. The van der Waals surface area contributed by atoms with Gasteiger partial charge in [0.25, 0.3) is 0 Å². The van der Waals surface area contributed by atoms with Gasteiger partial charge in [0.15, 0.2) is 0 Å². The van der Waals surface area contributed by atoms with Crippen molar-refractivity contribution in [3.05, 3.63) is 51.5 Å². The van der Waals surface area contributed by atoms with Gasteiger partial charge in [-0.3, -0.25) is 0 Å². The van der Waals surface area contributed by atoms with Gasteiger partial charge in [-0.2, -0.15) is 0 Å². The Morgan fingerprint density at radius 3 is 2.47 bits per heavy atom. The quantitative estimate of drug-likeness (QED) is 0.897. The van der Waals surface area contributed by atoms with Crippen LogP contribution in [0.3, 0.4) is 0 Å². The molecular weight excluding hydrogens is 254 g/mol. The third-order valence-corrected chi connectivity index (χ3v) is 4.39. The molecular formula is C16H21NOS. The predicted molar refractivity (Wildman–Crippen MR) is 80.6 cm³/mol. The van der Waals surface area contributed by atoms with Crippen LogP contribution in [0, 0.1) is 0 Å². The van der Waals surface area contributed by atoms with Gasteiger partial charge in [-0.25, -0.2) is 4.98 Å². The molecule has 0 bridgehead atoms. The molecule has 0 atom stereocenters. The van der Waals surface area contributed by atoms with E-state index in [2.05, 4.69) is 19.1 Å². The highest BCUT2D eigenvalue weighted by Gasteiger charge is 2.24. The summed E-state index contributed by atoms with van der Waals surface area (Å²) in [5.74, 6) is 0. The fourth-order valence-electron chi connectivity index (χ4n) is 2.13. The Hall–Kier alpha value is -1.19. The molecule has 3 heteroatoms. The zero-order valence-corrected chi connectivity index (χ0v) is 12.6. The highest BCUT2D eigenvalue weighted by atomic mass is 32.1. The fourth-order valence-corrected chi connectivity index (χ4v) is 3.28. The zero-order chi connectivity index (χ0) is 13.9. The second-order valence-electron chi connectivity index (χ2n) is 5.35. The first-order valence-corrected chi connectivity index (χ1v) is 7.57. The van der Waals surface area contributed by atoms with Gasteiger partial charge in [-0.1, -0.05) is 43.7 Å². The van der Waals surface area contributed by atoms with Crippen molar-refractivity contribution in [3.63, 3.8) is 0 Å². The van der Waals surface area contributed by atoms with E-state index in [9.17, 15) is 5.11 Å². The van der Waals surface area contributed by atoms with Crippen molar-refractivity contribution in [1.29, 1.82) is 0 Å². The van der Waals surface area contributed by atoms with Crippen molar-refractivity contribution in [2.45, 2.75) is 45.6 Å². The van der Waals surface area contributed by atoms with Gasteiger partial charge in [0, 0.05) is 6.42 Å². The highest BCUT2D eigenvalue weighted by molar-refractivity contribution is 7.11. The number of aliphatic hydroxyl groups is 1. The van der Waals surface area contributed by atoms with E-state index in [4.69, 9.17) is 4.98 Å². The van der Waals surface area contributed by atoms with Gasteiger partial charge < -0.3 is 5.11 Å². The number of aromatic nitrogens is 1. The van der Waals surface area contributed by atoms with E-state index in [1.807, 2.05) is 32.0 Å². The number of hydrogen-bond donors (Lipinski definition) is 1. The number of aryl methyl sites for hydroxylation is 1. The molecule has 2 rings (SSSR count). The maximum Gasteiger partial charge on any atom is 0.0976 e. The van der Waals surface area contributed by atoms with Crippen LogP contribution in [-0.2, 0) is 18.4 Å². The van der Waals surface area contributed by atoms with Crippen LogP contribution in [0.4, 0.5) is 0 Å². The largest absolute Gasteiger partial charge is 0.385 e. The summed E-state index contributed by atoms with van der Waals surface area (Å²) in [6.07, 6.45) is 2.83. The molecule has 19 heavy (non-hydrogen) atoms. The number of nitrogens with zero attached hydrogens (tertiary/aromatic N) is 1. The van der Waals surface area contributed by atoms with E-state index in [0.717, 1.165) is 34.8 Å². The lowest BCUT2D eigenvalue weighted by Gasteiger charge is -2.16. The molecule has 2 nitrogen and oxygen atoms in total. The molecule has 0 aliphatic rings. The number of rotatable bonds is 5. The van der Waals surface area contributed by atoms with E-state index in [1.54, 1.807) is 11.3 Å². The van der Waals surface area contributed by atoms with Crippen LogP contribution < -0.4 is 0 Å². The normalized spacial score (nSPS) is 11.8. The molecule has 0 aliphatic heterocycles. The fraction of sp³-hybridized carbons (Fsp3) is 0.438. The van der Waals surface area contributed by atoms with E-state index in [1.165, 1.54) is 5.56 Å². The van der Waals surface area contributed by atoms with Crippen LogP contribution in [0.15, 0.2) is 30.3 Å². The summed E-state index contributed by atoms with van der Waals surface area (Å²) >= 11 is 1.64. The summed E-state index contributed by atoms with van der Waals surface area (Å²) in [4.78, 5) is 5.73. The average Bonchev–Trinajstić information content (AvgIpc) is 2.74. The minimum Gasteiger partial charge on any atom is -0.385 e. The van der Waals surface area contributed by atoms with Gasteiger partial charge in [0.2, 0.25) is 0 Å². The lowest BCUT2D eigenvalue weighted by molar-refractivity contribution is 0.0813. The maximum absolute atomic E-state index is 10.2. The Bertz CT molecular complexity index is 525. The van der Waals surface area contributed by atoms with Crippen LogP contribution in [0.25, 0.3) is 0 Å². The zero-order valence-electron chi connectivity index (χ0n) is 11.8.